The minimum atomic E-state index is -3.64. The van der Waals surface area contributed by atoms with Crippen molar-refractivity contribution in [1.29, 1.82) is 0 Å². The van der Waals surface area contributed by atoms with Crippen LogP contribution in [0.15, 0.2) is 29.2 Å². The van der Waals surface area contributed by atoms with Crippen molar-refractivity contribution < 1.29 is 18.0 Å². The number of amides is 1. The van der Waals surface area contributed by atoms with Gasteiger partial charge in [-0.3, -0.25) is 9.59 Å². The van der Waals surface area contributed by atoms with Crippen LogP contribution in [0.25, 0.3) is 0 Å². The maximum Gasteiger partial charge on any atom is 0.242 e. The Morgan fingerprint density at radius 3 is 2.50 bits per heavy atom. The highest BCUT2D eigenvalue weighted by Crippen LogP contribution is 2.17. The molecular formula is C18H27N3O4S. The van der Waals surface area contributed by atoms with E-state index in [0.29, 0.717) is 24.9 Å². The quantitative estimate of drug-likeness (QED) is 0.716. The van der Waals surface area contributed by atoms with E-state index in [0.717, 1.165) is 19.4 Å². The zero-order valence-electron chi connectivity index (χ0n) is 15.3. The highest BCUT2D eigenvalue weighted by Gasteiger charge is 2.23. The van der Waals surface area contributed by atoms with Crippen LogP contribution < -0.4 is 5.73 Å². The minimum Gasteiger partial charge on any atom is -0.341 e. The molecule has 0 radical (unpaired) electrons. The average molecular weight is 381 g/mol. The van der Waals surface area contributed by atoms with Gasteiger partial charge in [0.25, 0.3) is 0 Å². The van der Waals surface area contributed by atoms with Gasteiger partial charge in [-0.25, -0.2) is 12.7 Å². The van der Waals surface area contributed by atoms with E-state index in [1.807, 2.05) is 0 Å². The number of likely N-dealkylation sites (tertiary alicyclic amines) is 1. The fraction of sp³-hybridized carbons (Fsp3) is 0.556. The lowest BCUT2D eigenvalue weighted by atomic mass is 10.1. The number of sulfonamides is 1. The predicted octanol–water partition coefficient (Wildman–Crippen LogP) is 1.24. The summed E-state index contributed by atoms with van der Waals surface area (Å²) in [6, 6.07) is 5.91. The van der Waals surface area contributed by atoms with Gasteiger partial charge in [-0.2, -0.15) is 0 Å². The largest absolute Gasteiger partial charge is 0.341 e. The van der Waals surface area contributed by atoms with Crippen molar-refractivity contribution in [2.45, 2.75) is 43.5 Å². The van der Waals surface area contributed by atoms with Gasteiger partial charge < -0.3 is 10.6 Å². The van der Waals surface area contributed by atoms with E-state index in [4.69, 9.17) is 5.73 Å². The Morgan fingerprint density at radius 1 is 1.27 bits per heavy atom. The van der Waals surface area contributed by atoms with E-state index in [1.54, 1.807) is 4.90 Å². The Balaban J connectivity index is 1.88. The molecule has 0 bridgehead atoms. The first kappa shape index (κ1) is 20.5. The number of carbonyl (C=O) groups is 2. The number of hydrogen-bond donors (Lipinski definition) is 1. The van der Waals surface area contributed by atoms with Gasteiger partial charge in [0.1, 0.15) is 0 Å². The number of hydrogen-bond acceptors (Lipinski definition) is 5. The van der Waals surface area contributed by atoms with Crippen LogP contribution >= 0.6 is 0 Å². The SMILES string of the molecule is CC(=O)c1ccc(S(=O)(=O)N(C)CCCC(=O)N2CCCC(N)C2)cc1. The van der Waals surface area contributed by atoms with Crippen molar-refractivity contribution in [1.82, 2.24) is 9.21 Å². The molecule has 1 saturated heterocycles. The molecule has 1 unspecified atom stereocenters. The van der Waals surface area contributed by atoms with Crippen molar-refractivity contribution in [2.75, 3.05) is 26.7 Å². The molecule has 7 nitrogen and oxygen atoms in total. The van der Waals surface area contributed by atoms with Gasteiger partial charge in [-0.05, 0) is 38.3 Å². The molecule has 1 aliphatic heterocycles. The van der Waals surface area contributed by atoms with E-state index in [9.17, 15) is 18.0 Å². The van der Waals surface area contributed by atoms with Crippen LogP contribution in [-0.4, -0.2) is 62.0 Å². The van der Waals surface area contributed by atoms with Crippen LogP contribution in [0.4, 0.5) is 0 Å². The highest BCUT2D eigenvalue weighted by molar-refractivity contribution is 7.89. The second-order valence-corrected chi connectivity index (χ2v) is 8.80. The van der Waals surface area contributed by atoms with Crippen LogP contribution in [-0.2, 0) is 14.8 Å². The molecule has 1 aliphatic rings. The molecule has 1 aromatic carbocycles. The average Bonchev–Trinajstić information content (AvgIpc) is 2.61. The third-order valence-electron chi connectivity index (χ3n) is 4.64. The Labute approximate surface area is 155 Å². The highest BCUT2D eigenvalue weighted by atomic mass is 32.2. The lowest BCUT2D eigenvalue weighted by Gasteiger charge is -2.31. The van der Waals surface area contributed by atoms with Gasteiger partial charge >= 0.3 is 0 Å². The molecule has 2 N–H and O–H groups in total. The number of carbonyl (C=O) groups excluding carboxylic acids is 2. The molecule has 1 amide bonds. The van der Waals surface area contributed by atoms with Crippen LogP contribution in [0, 0.1) is 0 Å². The Bertz CT molecular complexity index is 746. The molecule has 26 heavy (non-hydrogen) atoms. The third kappa shape index (κ3) is 5.12. The number of benzene rings is 1. The van der Waals surface area contributed by atoms with E-state index < -0.39 is 10.0 Å². The molecule has 0 aliphatic carbocycles. The third-order valence-corrected chi connectivity index (χ3v) is 6.51. The van der Waals surface area contributed by atoms with Crippen molar-refractivity contribution in [2.24, 2.45) is 5.73 Å². The zero-order chi connectivity index (χ0) is 19.3. The smallest absolute Gasteiger partial charge is 0.242 e. The molecule has 0 spiro atoms. The van der Waals surface area contributed by atoms with E-state index in [-0.39, 0.29) is 29.2 Å². The summed E-state index contributed by atoms with van der Waals surface area (Å²) in [7, 11) is -2.14. The van der Waals surface area contributed by atoms with Crippen molar-refractivity contribution in [3.8, 4) is 0 Å². The summed E-state index contributed by atoms with van der Waals surface area (Å²) >= 11 is 0. The van der Waals surface area contributed by atoms with Crippen molar-refractivity contribution in [3.05, 3.63) is 29.8 Å². The summed E-state index contributed by atoms with van der Waals surface area (Å²) < 4.78 is 26.4. The molecule has 1 heterocycles. The van der Waals surface area contributed by atoms with E-state index >= 15 is 0 Å². The van der Waals surface area contributed by atoms with Gasteiger partial charge in [0.05, 0.1) is 4.90 Å². The second kappa shape index (κ2) is 8.75. The number of ketones is 1. The first-order valence-corrected chi connectivity index (χ1v) is 10.3. The fourth-order valence-corrected chi connectivity index (χ4v) is 4.22. The number of nitrogens with two attached hydrogens (primary N) is 1. The minimum absolute atomic E-state index is 0.0248. The van der Waals surface area contributed by atoms with Gasteiger partial charge in [-0.15, -0.1) is 0 Å². The van der Waals surface area contributed by atoms with Crippen LogP contribution in [0.5, 0.6) is 0 Å². The zero-order valence-corrected chi connectivity index (χ0v) is 16.2. The van der Waals surface area contributed by atoms with Crippen LogP contribution in [0.2, 0.25) is 0 Å². The molecule has 8 heteroatoms. The summed E-state index contributed by atoms with van der Waals surface area (Å²) in [5, 5.41) is 0. The van der Waals surface area contributed by atoms with E-state index in [1.165, 1.54) is 42.5 Å². The van der Waals surface area contributed by atoms with Gasteiger partial charge in [0, 0.05) is 44.7 Å². The molecule has 0 aromatic heterocycles. The summed E-state index contributed by atoms with van der Waals surface area (Å²) in [6.45, 7) is 2.99. The predicted molar refractivity (Wildman–Crippen MR) is 99.3 cm³/mol. The summed E-state index contributed by atoms with van der Waals surface area (Å²) in [4.78, 5) is 25.4. The lowest BCUT2D eigenvalue weighted by molar-refractivity contribution is -0.132. The summed E-state index contributed by atoms with van der Waals surface area (Å²) in [5.41, 5.74) is 6.36. The number of rotatable bonds is 7. The first-order chi connectivity index (χ1) is 12.2. The second-order valence-electron chi connectivity index (χ2n) is 6.75. The number of nitrogens with zero attached hydrogens (tertiary/aromatic N) is 2. The maximum atomic E-state index is 12.6. The molecule has 1 aromatic rings. The fourth-order valence-electron chi connectivity index (χ4n) is 3.01. The standard InChI is InChI=1S/C18H27N3O4S/c1-14(22)15-7-9-17(10-8-15)26(24,25)20(2)11-4-6-18(23)21-12-3-5-16(19)13-21/h7-10,16H,3-6,11-13,19H2,1-2H3. The Hall–Kier alpha value is -1.77. The summed E-state index contributed by atoms with van der Waals surface area (Å²) in [5.74, 6) is -0.0880. The van der Waals surface area contributed by atoms with Gasteiger partial charge in [0.15, 0.2) is 5.78 Å². The Kier molecular flexibility index (Phi) is 6.91. The first-order valence-electron chi connectivity index (χ1n) is 8.82. The monoisotopic (exact) mass is 381 g/mol. The summed E-state index contributed by atoms with van der Waals surface area (Å²) in [6.07, 6.45) is 2.60. The molecule has 144 valence electrons. The normalized spacial score (nSPS) is 18.2. The van der Waals surface area contributed by atoms with E-state index in [2.05, 4.69) is 0 Å². The lowest BCUT2D eigenvalue weighted by Crippen LogP contribution is -2.45. The van der Waals surface area contributed by atoms with Crippen LogP contribution in [0.3, 0.4) is 0 Å². The number of Topliss-reactive ketones (excluding diaryl/α,β-unsaturated/α-hetero) is 1. The van der Waals surface area contributed by atoms with Gasteiger partial charge in [0.2, 0.25) is 15.9 Å². The molecular weight excluding hydrogens is 354 g/mol. The number of piperidine rings is 1. The maximum absolute atomic E-state index is 12.6. The molecule has 0 saturated carbocycles. The van der Waals surface area contributed by atoms with Crippen molar-refractivity contribution >= 4 is 21.7 Å². The van der Waals surface area contributed by atoms with Crippen molar-refractivity contribution in [3.63, 3.8) is 0 Å². The van der Waals surface area contributed by atoms with Gasteiger partial charge in [-0.1, -0.05) is 12.1 Å². The molecule has 1 atom stereocenters. The topological polar surface area (TPSA) is 101 Å². The molecule has 2 rings (SSSR count). The van der Waals surface area contributed by atoms with Crippen LogP contribution in [0.1, 0.15) is 43.0 Å². The Morgan fingerprint density at radius 2 is 1.92 bits per heavy atom. The molecule has 1 fully saturated rings.